The number of aldehydes is 1. The Bertz CT molecular complexity index is 197. The first-order chi connectivity index (χ1) is 6.39. The second kappa shape index (κ2) is 5.59. The smallest absolute Gasteiger partial charge is 0.408 e. The zero-order valence-corrected chi connectivity index (χ0v) is 8.74. The van der Waals surface area contributed by atoms with E-state index in [1.807, 2.05) is 0 Å². The van der Waals surface area contributed by atoms with Crippen LogP contribution < -0.4 is 5.32 Å². The average Bonchev–Trinajstić information content (AvgIpc) is 2.00. The lowest BCUT2D eigenvalue weighted by Gasteiger charge is -2.21. The van der Waals surface area contributed by atoms with Gasteiger partial charge < -0.3 is 20.0 Å². The fourth-order valence-corrected chi connectivity index (χ4v) is 0.772. The van der Waals surface area contributed by atoms with E-state index in [0.29, 0.717) is 6.29 Å². The standard InChI is InChI=1S/C9H17NO4/c1-9(2,3)14-8(13)10-7(6-12)4-5-11/h6-7,11H,4-5H2,1-3H3,(H,10,13)/t7-/m1/s1. The molecule has 0 radical (unpaired) electrons. The molecule has 5 heteroatoms. The first-order valence-corrected chi connectivity index (χ1v) is 4.44. The van der Waals surface area contributed by atoms with Crippen LogP contribution in [0, 0.1) is 0 Å². The number of rotatable bonds is 4. The van der Waals surface area contributed by atoms with Gasteiger partial charge >= 0.3 is 6.09 Å². The second-order valence-electron chi connectivity index (χ2n) is 3.90. The lowest BCUT2D eigenvalue weighted by atomic mass is 10.2. The van der Waals surface area contributed by atoms with Gasteiger partial charge in [0.15, 0.2) is 0 Å². The number of hydrogen-bond acceptors (Lipinski definition) is 4. The van der Waals surface area contributed by atoms with Crippen LogP contribution >= 0.6 is 0 Å². The number of nitrogens with one attached hydrogen (secondary N) is 1. The van der Waals surface area contributed by atoms with Crippen LogP contribution in [-0.4, -0.2) is 35.7 Å². The van der Waals surface area contributed by atoms with Gasteiger partial charge in [0.25, 0.3) is 0 Å². The third kappa shape index (κ3) is 6.42. The maximum Gasteiger partial charge on any atom is 0.408 e. The van der Waals surface area contributed by atoms with Crippen molar-refractivity contribution in [3.63, 3.8) is 0 Å². The van der Waals surface area contributed by atoms with Crippen LogP contribution in [0.1, 0.15) is 27.2 Å². The molecule has 0 spiro atoms. The van der Waals surface area contributed by atoms with Crippen molar-refractivity contribution in [2.45, 2.75) is 38.8 Å². The first kappa shape index (κ1) is 12.9. The number of carbonyl (C=O) groups excluding carboxylic acids is 2. The molecule has 0 saturated heterocycles. The zero-order valence-electron chi connectivity index (χ0n) is 8.74. The molecule has 0 aromatic heterocycles. The van der Waals surface area contributed by atoms with Crippen molar-refractivity contribution in [1.29, 1.82) is 0 Å². The van der Waals surface area contributed by atoms with Crippen molar-refractivity contribution in [3.8, 4) is 0 Å². The molecule has 0 aliphatic rings. The molecular formula is C9H17NO4. The highest BCUT2D eigenvalue weighted by Gasteiger charge is 2.18. The number of alkyl carbamates (subject to hydrolysis) is 1. The Hall–Kier alpha value is -1.10. The Morgan fingerprint density at radius 1 is 1.57 bits per heavy atom. The summed E-state index contributed by atoms with van der Waals surface area (Å²) in [6, 6.07) is -0.685. The normalized spacial score (nSPS) is 13.1. The van der Waals surface area contributed by atoms with E-state index in [0.717, 1.165) is 0 Å². The summed E-state index contributed by atoms with van der Waals surface area (Å²) in [5.74, 6) is 0. The van der Waals surface area contributed by atoms with E-state index < -0.39 is 17.7 Å². The Balaban J connectivity index is 3.97. The Labute approximate surface area is 83.4 Å². The van der Waals surface area contributed by atoms with E-state index in [1.54, 1.807) is 20.8 Å². The molecule has 0 aromatic carbocycles. The van der Waals surface area contributed by atoms with Crippen molar-refractivity contribution in [2.75, 3.05) is 6.61 Å². The van der Waals surface area contributed by atoms with Crippen LogP contribution in [0.2, 0.25) is 0 Å². The number of ether oxygens (including phenoxy) is 1. The first-order valence-electron chi connectivity index (χ1n) is 4.44. The molecule has 14 heavy (non-hydrogen) atoms. The van der Waals surface area contributed by atoms with Gasteiger partial charge in [-0.25, -0.2) is 4.79 Å². The third-order valence-corrected chi connectivity index (χ3v) is 1.31. The molecule has 0 aliphatic heterocycles. The average molecular weight is 203 g/mol. The molecule has 0 bridgehead atoms. The number of aliphatic hydroxyl groups excluding tert-OH is 1. The number of hydrogen-bond donors (Lipinski definition) is 2. The van der Waals surface area contributed by atoms with Gasteiger partial charge in [0.2, 0.25) is 0 Å². The van der Waals surface area contributed by atoms with Crippen LogP contribution in [0.25, 0.3) is 0 Å². The van der Waals surface area contributed by atoms with Crippen LogP contribution in [0.3, 0.4) is 0 Å². The van der Waals surface area contributed by atoms with Gasteiger partial charge in [-0.15, -0.1) is 0 Å². The lowest BCUT2D eigenvalue weighted by Crippen LogP contribution is -2.40. The molecule has 2 N–H and O–H groups in total. The minimum absolute atomic E-state index is 0.154. The fraction of sp³-hybridized carbons (Fsp3) is 0.778. The van der Waals surface area contributed by atoms with Gasteiger partial charge in [-0.2, -0.15) is 0 Å². The van der Waals surface area contributed by atoms with Gasteiger partial charge in [0, 0.05) is 6.61 Å². The fourth-order valence-electron chi connectivity index (χ4n) is 0.772. The Morgan fingerprint density at radius 3 is 2.50 bits per heavy atom. The number of carbonyl (C=O) groups is 2. The molecule has 5 nitrogen and oxygen atoms in total. The van der Waals surface area contributed by atoms with Gasteiger partial charge in [0.1, 0.15) is 11.9 Å². The summed E-state index contributed by atoms with van der Waals surface area (Å²) in [6.45, 7) is 5.04. The van der Waals surface area contributed by atoms with E-state index in [9.17, 15) is 9.59 Å². The number of aliphatic hydroxyl groups is 1. The predicted octanol–water partition coefficient (Wildman–Crippen LogP) is 0.461. The molecule has 0 heterocycles. The van der Waals surface area contributed by atoms with Gasteiger partial charge in [-0.1, -0.05) is 0 Å². The molecule has 0 fully saturated rings. The van der Waals surface area contributed by atoms with E-state index >= 15 is 0 Å². The molecular weight excluding hydrogens is 186 g/mol. The Kier molecular flexibility index (Phi) is 5.15. The largest absolute Gasteiger partial charge is 0.444 e. The van der Waals surface area contributed by atoms with E-state index in [4.69, 9.17) is 9.84 Å². The molecule has 0 unspecified atom stereocenters. The highest BCUT2D eigenvalue weighted by atomic mass is 16.6. The van der Waals surface area contributed by atoms with E-state index in [1.165, 1.54) is 0 Å². The minimum atomic E-state index is -0.685. The van der Waals surface area contributed by atoms with E-state index in [2.05, 4.69) is 5.32 Å². The number of amides is 1. The minimum Gasteiger partial charge on any atom is -0.444 e. The summed E-state index contributed by atoms with van der Waals surface area (Å²) in [5.41, 5.74) is -0.587. The lowest BCUT2D eigenvalue weighted by molar-refractivity contribution is -0.110. The quantitative estimate of drug-likeness (QED) is 0.651. The summed E-state index contributed by atoms with van der Waals surface area (Å²) in [4.78, 5) is 21.5. The van der Waals surface area contributed by atoms with Gasteiger partial charge in [-0.05, 0) is 27.2 Å². The van der Waals surface area contributed by atoms with Crippen molar-refractivity contribution >= 4 is 12.4 Å². The summed E-state index contributed by atoms with van der Waals surface area (Å²) in [6.07, 6.45) is 0.117. The van der Waals surface area contributed by atoms with Crippen molar-refractivity contribution < 1.29 is 19.4 Å². The SMILES string of the molecule is CC(C)(C)OC(=O)N[C@@H](C=O)CCO. The monoisotopic (exact) mass is 203 g/mol. The summed E-state index contributed by atoms with van der Waals surface area (Å²) in [7, 11) is 0. The van der Waals surface area contributed by atoms with Gasteiger partial charge in [0.05, 0.1) is 6.04 Å². The van der Waals surface area contributed by atoms with Crippen molar-refractivity contribution in [2.24, 2.45) is 0 Å². The highest BCUT2D eigenvalue weighted by Crippen LogP contribution is 2.06. The van der Waals surface area contributed by atoms with Crippen LogP contribution in [0.5, 0.6) is 0 Å². The third-order valence-electron chi connectivity index (χ3n) is 1.31. The van der Waals surface area contributed by atoms with Crippen molar-refractivity contribution in [3.05, 3.63) is 0 Å². The molecule has 1 atom stereocenters. The molecule has 0 saturated carbocycles. The van der Waals surface area contributed by atoms with Crippen LogP contribution in [0.15, 0.2) is 0 Å². The van der Waals surface area contributed by atoms with Gasteiger partial charge in [-0.3, -0.25) is 0 Å². The van der Waals surface area contributed by atoms with Crippen LogP contribution in [0.4, 0.5) is 4.79 Å². The summed E-state index contributed by atoms with van der Waals surface area (Å²) < 4.78 is 4.93. The maximum absolute atomic E-state index is 11.1. The second-order valence-corrected chi connectivity index (χ2v) is 3.90. The molecule has 0 aromatic rings. The van der Waals surface area contributed by atoms with Crippen LogP contribution in [-0.2, 0) is 9.53 Å². The zero-order chi connectivity index (χ0) is 11.2. The molecule has 0 rings (SSSR count). The maximum atomic E-state index is 11.1. The van der Waals surface area contributed by atoms with Crippen molar-refractivity contribution in [1.82, 2.24) is 5.32 Å². The summed E-state index contributed by atoms with van der Waals surface area (Å²) >= 11 is 0. The van der Waals surface area contributed by atoms with E-state index in [-0.39, 0.29) is 13.0 Å². The Morgan fingerprint density at radius 2 is 2.14 bits per heavy atom. The summed E-state index contributed by atoms with van der Waals surface area (Å²) in [5, 5.41) is 10.9. The molecule has 82 valence electrons. The molecule has 0 aliphatic carbocycles. The predicted molar refractivity (Wildman–Crippen MR) is 50.9 cm³/mol. The topological polar surface area (TPSA) is 75.6 Å². The highest BCUT2D eigenvalue weighted by molar-refractivity contribution is 5.73. The molecule has 1 amide bonds.